The molecule has 94 valence electrons. The molecule has 0 amide bonds. The second kappa shape index (κ2) is 4.02. The van der Waals surface area contributed by atoms with Crippen LogP contribution in [0.25, 0.3) is 10.8 Å². The van der Waals surface area contributed by atoms with E-state index in [0.717, 1.165) is 33.0 Å². The molecular formula is C15H16O3. The largest absolute Gasteiger partial charge is 0.508 e. The van der Waals surface area contributed by atoms with Gasteiger partial charge in [0.15, 0.2) is 0 Å². The Hall–Kier alpha value is -2.03. The lowest BCUT2D eigenvalue weighted by Gasteiger charge is -2.16. The van der Waals surface area contributed by atoms with E-state index in [1.54, 1.807) is 12.1 Å². The van der Waals surface area contributed by atoms with Gasteiger partial charge in [-0.25, -0.2) is 4.79 Å². The van der Waals surface area contributed by atoms with Crippen LogP contribution < -0.4 is 0 Å². The highest BCUT2D eigenvalue weighted by atomic mass is 16.4. The number of fused-ring (bicyclic) bond motifs is 1. The highest BCUT2D eigenvalue weighted by Crippen LogP contribution is 2.34. The van der Waals surface area contributed by atoms with Crippen LogP contribution in [0, 0.1) is 27.7 Å². The second-order valence-corrected chi connectivity index (χ2v) is 4.74. The third-order valence-corrected chi connectivity index (χ3v) is 3.63. The summed E-state index contributed by atoms with van der Waals surface area (Å²) in [6, 6.07) is 3.36. The number of hydrogen-bond acceptors (Lipinski definition) is 2. The molecule has 3 heteroatoms. The van der Waals surface area contributed by atoms with Crippen molar-refractivity contribution in [2.45, 2.75) is 27.7 Å². The van der Waals surface area contributed by atoms with Crippen LogP contribution in [0.2, 0.25) is 0 Å². The van der Waals surface area contributed by atoms with Crippen LogP contribution >= 0.6 is 0 Å². The number of phenols is 1. The molecule has 3 nitrogen and oxygen atoms in total. The Morgan fingerprint density at radius 1 is 1.00 bits per heavy atom. The lowest BCUT2D eigenvalue weighted by molar-refractivity contribution is 0.0695. The van der Waals surface area contributed by atoms with E-state index >= 15 is 0 Å². The Labute approximate surface area is 106 Å². The molecule has 2 rings (SSSR count). The first-order valence-corrected chi connectivity index (χ1v) is 5.81. The zero-order valence-electron chi connectivity index (χ0n) is 11.0. The third kappa shape index (κ3) is 1.63. The van der Waals surface area contributed by atoms with E-state index in [4.69, 9.17) is 0 Å². The smallest absolute Gasteiger partial charge is 0.336 e. The van der Waals surface area contributed by atoms with Gasteiger partial charge in [-0.15, -0.1) is 0 Å². The SMILES string of the molecule is Cc1c(C(=O)O)c(C)c2c(C)cc(O)cc2c1C. The first kappa shape index (κ1) is 12.4. The van der Waals surface area contributed by atoms with Crippen molar-refractivity contribution in [3.8, 4) is 5.75 Å². The molecular weight excluding hydrogens is 228 g/mol. The lowest BCUT2D eigenvalue weighted by atomic mass is 9.89. The van der Waals surface area contributed by atoms with E-state index in [2.05, 4.69) is 0 Å². The van der Waals surface area contributed by atoms with Gasteiger partial charge in [-0.05, 0) is 72.9 Å². The summed E-state index contributed by atoms with van der Waals surface area (Å²) >= 11 is 0. The Morgan fingerprint density at radius 2 is 1.61 bits per heavy atom. The predicted molar refractivity (Wildman–Crippen MR) is 71.5 cm³/mol. The van der Waals surface area contributed by atoms with Crippen molar-refractivity contribution in [1.29, 1.82) is 0 Å². The van der Waals surface area contributed by atoms with Crippen LogP contribution in [0.15, 0.2) is 12.1 Å². The van der Waals surface area contributed by atoms with Crippen LogP contribution in [0.4, 0.5) is 0 Å². The summed E-state index contributed by atoms with van der Waals surface area (Å²) in [6.45, 7) is 7.41. The van der Waals surface area contributed by atoms with Crippen LogP contribution in [0.3, 0.4) is 0 Å². The Morgan fingerprint density at radius 3 is 2.17 bits per heavy atom. The molecule has 0 bridgehead atoms. The number of carbonyl (C=O) groups is 1. The molecule has 0 saturated heterocycles. The van der Waals surface area contributed by atoms with Crippen molar-refractivity contribution in [3.05, 3.63) is 39.9 Å². The summed E-state index contributed by atoms with van der Waals surface area (Å²) in [6.07, 6.45) is 0. The molecule has 0 unspecified atom stereocenters. The molecule has 0 aliphatic heterocycles. The summed E-state index contributed by atoms with van der Waals surface area (Å²) in [4.78, 5) is 11.4. The van der Waals surface area contributed by atoms with Gasteiger partial charge in [-0.3, -0.25) is 0 Å². The van der Waals surface area contributed by atoms with Crippen LogP contribution in [0.1, 0.15) is 32.6 Å². The molecule has 0 aliphatic rings. The van der Waals surface area contributed by atoms with Gasteiger partial charge < -0.3 is 10.2 Å². The van der Waals surface area contributed by atoms with Gasteiger partial charge in [0, 0.05) is 0 Å². The molecule has 0 radical (unpaired) electrons. The van der Waals surface area contributed by atoms with Crippen LogP contribution in [-0.4, -0.2) is 16.2 Å². The molecule has 0 atom stereocenters. The van der Waals surface area contributed by atoms with Gasteiger partial charge in [0.05, 0.1) is 5.56 Å². The minimum Gasteiger partial charge on any atom is -0.508 e. The summed E-state index contributed by atoms with van der Waals surface area (Å²) in [5.74, 6) is -0.688. The molecule has 0 aromatic heterocycles. The molecule has 0 spiro atoms. The van der Waals surface area contributed by atoms with E-state index in [1.807, 2.05) is 27.7 Å². The van der Waals surface area contributed by atoms with Crippen molar-refractivity contribution < 1.29 is 15.0 Å². The summed E-state index contributed by atoms with van der Waals surface area (Å²) in [5, 5.41) is 20.9. The number of phenolic OH excluding ortho intramolecular Hbond substituents is 1. The first-order chi connectivity index (χ1) is 8.34. The standard InChI is InChI=1S/C15H16O3/c1-7-5-11(16)6-12-8(2)9(3)14(15(17)18)10(4)13(7)12/h5-6,16H,1-4H3,(H,17,18). The number of hydrogen-bond donors (Lipinski definition) is 2. The number of aryl methyl sites for hydroxylation is 3. The fourth-order valence-electron chi connectivity index (χ4n) is 2.68. The van der Waals surface area contributed by atoms with Crippen LogP contribution in [0.5, 0.6) is 5.75 Å². The van der Waals surface area contributed by atoms with Gasteiger partial charge in [-0.1, -0.05) is 0 Å². The number of benzene rings is 2. The van der Waals surface area contributed by atoms with Crippen molar-refractivity contribution in [2.24, 2.45) is 0 Å². The zero-order chi connectivity index (χ0) is 13.6. The highest BCUT2D eigenvalue weighted by molar-refractivity contribution is 6.02. The summed E-state index contributed by atoms with van der Waals surface area (Å²) < 4.78 is 0. The van der Waals surface area contributed by atoms with Crippen LogP contribution in [-0.2, 0) is 0 Å². The minimum absolute atomic E-state index is 0.213. The van der Waals surface area contributed by atoms with E-state index in [1.165, 1.54) is 0 Å². The van der Waals surface area contributed by atoms with E-state index in [0.29, 0.717) is 5.56 Å². The Balaban J connectivity index is 3.08. The number of carboxylic acids is 1. The van der Waals surface area contributed by atoms with Gasteiger partial charge in [0.25, 0.3) is 0 Å². The molecule has 0 heterocycles. The van der Waals surface area contributed by atoms with Gasteiger partial charge in [0.1, 0.15) is 5.75 Å². The molecule has 2 N–H and O–H groups in total. The quantitative estimate of drug-likeness (QED) is 0.807. The maximum absolute atomic E-state index is 11.4. The average Bonchev–Trinajstić information content (AvgIpc) is 2.24. The molecule has 2 aromatic rings. The third-order valence-electron chi connectivity index (χ3n) is 3.63. The maximum atomic E-state index is 11.4. The Bertz CT molecular complexity index is 669. The molecule has 0 saturated carbocycles. The first-order valence-electron chi connectivity index (χ1n) is 5.81. The topological polar surface area (TPSA) is 57.5 Å². The molecule has 0 fully saturated rings. The maximum Gasteiger partial charge on any atom is 0.336 e. The molecule has 18 heavy (non-hydrogen) atoms. The molecule has 0 aliphatic carbocycles. The monoisotopic (exact) mass is 244 g/mol. The average molecular weight is 244 g/mol. The lowest BCUT2D eigenvalue weighted by Crippen LogP contribution is -2.06. The highest BCUT2D eigenvalue weighted by Gasteiger charge is 2.18. The fourth-order valence-corrected chi connectivity index (χ4v) is 2.68. The van der Waals surface area contributed by atoms with Crippen molar-refractivity contribution in [3.63, 3.8) is 0 Å². The zero-order valence-corrected chi connectivity index (χ0v) is 11.0. The summed E-state index contributed by atoms with van der Waals surface area (Å²) in [5.41, 5.74) is 3.70. The molecule has 2 aromatic carbocycles. The van der Waals surface area contributed by atoms with Crippen molar-refractivity contribution in [1.82, 2.24) is 0 Å². The number of carboxylic acid groups (broad SMARTS) is 1. The van der Waals surface area contributed by atoms with E-state index in [9.17, 15) is 15.0 Å². The van der Waals surface area contributed by atoms with Crippen molar-refractivity contribution in [2.75, 3.05) is 0 Å². The summed E-state index contributed by atoms with van der Waals surface area (Å²) in [7, 11) is 0. The van der Waals surface area contributed by atoms with Gasteiger partial charge in [-0.2, -0.15) is 0 Å². The van der Waals surface area contributed by atoms with E-state index < -0.39 is 5.97 Å². The van der Waals surface area contributed by atoms with Crippen molar-refractivity contribution >= 4 is 16.7 Å². The minimum atomic E-state index is -0.900. The number of aromatic carboxylic acids is 1. The normalized spacial score (nSPS) is 10.9. The fraction of sp³-hybridized carbons (Fsp3) is 0.267. The number of aromatic hydroxyl groups is 1. The second-order valence-electron chi connectivity index (χ2n) is 4.74. The predicted octanol–water partition coefficient (Wildman–Crippen LogP) is 3.48. The number of rotatable bonds is 1. The van der Waals surface area contributed by atoms with Gasteiger partial charge >= 0.3 is 5.97 Å². The van der Waals surface area contributed by atoms with Gasteiger partial charge in [0.2, 0.25) is 0 Å². The van der Waals surface area contributed by atoms with E-state index in [-0.39, 0.29) is 5.75 Å². The Kier molecular flexibility index (Phi) is 2.77.